The number of hydrogen-bond donors (Lipinski definition) is 1. The molecule has 1 heterocycles. The zero-order valence-electron chi connectivity index (χ0n) is 11.3. The van der Waals surface area contributed by atoms with Gasteiger partial charge in [-0.3, -0.25) is 0 Å². The Balaban J connectivity index is 2.10. The summed E-state index contributed by atoms with van der Waals surface area (Å²) in [5.41, 5.74) is 3.26. The van der Waals surface area contributed by atoms with E-state index in [1.54, 1.807) is 12.1 Å². The van der Waals surface area contributed by atoms with Crippen molar-refractivity contribution >= 4 is 11.4 Å². The molecule has 0 spiro atoms. The average molecular weight is 274 g/mol. The van der Waals surface area contributed by atoms with Crippen molar-refractivity contribution in [2.24, 2.45) is 0 Å². The molecule has 0 atom stereocenters. The molecule has 4 heteroatoms. The predicted octanol–water partition coefficient (Wildman–Crippen LogP) is 3.38. The van der Waals surface area contributed by atoms with Gasteiger partial charge in [-0.2, -0.15) is 0 Å². The summed E-state index contributed by atoms with van der Waals surface area (Å²) in [6.07, 6.45) is 0.808. The van der Waals surface area contributed by atoms with E-state index in [-0.39, 0.29) is 11.6 Å². The van der Waals surface area contributed by atoms with Crippen molar-refractivity contribution in [1.82, 2.24) is 5.32 Å². The standard InChI is InChI=1S/C16H16F2N2/c1-19-10-12-3-2-4-14(18)16(12)20-8-7-11-5-6-13(17)9-15(11)20/h2-6,9,19H,7-8,10H2,1H3. The molecule has 2 aromatic rings. The zero-order chi connectivity index (χ0) is 14.1. The molecule has 20 heavy (non-hydrogen) atoms. The molecule has 1 aliphatic rings. The summed E-state index contributed by atoms with van der Waals surface area (Å²) in [5.74, 6) is -0.558. The first-order valence-corrected chi connectivity index (χ1v) is 6.68. The molecule has 0 amide bonds. The fourth-order valence-corrected chi connectivity index (χ4v) is 2.78. The van der Waals surface area contributed by atoms with Crippen LogP contribution in [-0.2, 0) is 13.0 Å². The minimum Gasteiger partial charge on any atom is -0.338 e. The first-order valence-electron chi connectivity index (χ1n) is 6.68. The average Bonchev–Trinajstić information content (AvgIpc) is 2.82. The number of fused-ring (bicyclic) bond motifs is 1. The molecule has 1 N–H and O–H groups in total. The summed E-state index contributed by atoms with van der Waals surface area (Å²) in [6.45, 7) is 1.25. The molecular formula is C16H16F2N2. The third kappa shape index (κ3) is 2.16. The third-order valence-electron chi connectivity index (χ3n) is 3.65. The largest absolute Gasteiger partial charge is 0.338 e. The van der Waals surface area contributed by atoms with E-state index in [0.29, 0.717) is 18.8 Å². The van der Waals surface area contributed by atoms with E-state index in [4.69, 9.17) is 0 Å². The van der Waals surface area contributed by atoms with Crippen LogP contribution in [0.25, 0.3) is 0 Å². The van der Waals surface area contributed by atoms with Gasteiger partial charge in [-0.15, -0.1) is 0 Å². The Hall–Kier alpha value is -1.94. The normalized spacial score (nSPS) is 13.7. The molecule has 3 rings (SSSR count). The van der Waals surface area contributed by atoms with Gasteiger partial charge in [-0.05, 0) is 42.8 Å². The number of para-hydroxylation sites is 1. The smallest absolute Gasteiger partial charge is 0.147 e. The van der Waals surface area contributed by atoms with Crippen LogP contribution in [0.3, 0.4) is 0 Å². The Labute approximate surface area is 117 Å². The van der Waals surface area contributed by atoms with Gasteiger partial charge >= 0.3 is 0 Å². The number of halogens is 2. The van der Waals surface area contributed by atoms with Gasteiger partial charge in [-0.1, -0.05) is 18.2 Å². The lowest BCUT2D eigenvalue weighted by Crippen LogP contribution is -2.19. The van der Waals surface area contributed by atoms with Gasteiger partial charge < -0.3 is 10.2 Å². The molecule has 2 nitrogen and oxygen atoms in total. The SMILES string of the molecule is CNCc1cccc(F)c1N1CCc2ccc(F)cc21. The molecule has 0 aliphatic carbocycles. The van der Waals surface area contributed by atoms with Crippen LogP contribution in [0.15, 0.2) is 36.4 Å². The van der Waals surface area contributed by atoms with Crippen molar-refractivity contribution in [3.63, 3.8) is 0 Å². The highest BCUT2D eigenvalue weighted by molar-refractivity contribution is 5.72. The summed E-state index contributed by atoms with van der Waals surface area (Å²) < 4.78 is 27.7. The highest BCUT2D eigenvalue weighted by Gasteiger charge is 2.25. The summed E-state index contributed by atoms with van der Waals surface area (Å²) >= 11 is 0. The summed E-state index contributed by atoms with van der Waals surface area (Å²) in [6, 6.07) is 9.77. The number of nitrogens with one attached hydrogen (secondary N) is 1. The lowest BCUT2D eigenvalue weighted by molar-refractivity contribution is 0.620. The van der Waals surface area contributed by atoms with E-state index in [0.717, 1.165) is 23.2 Å². The van der Waals surface area contributed by atoms with Crippen molar-refractivity contribution in [2.45, 2.75) is 13.0 Å². The summed E-state index contributed by atoms with van der Waals surface area (Å²) in [7, 11) is 1.83. The molecule has 104 valence electrons. The van der Waals surface area contributed by atoms with Crippen molar-refractivity contribution in [2.75, 3.05) is 18.5 Å². The fraction of sp³-hybridized carbons (Fsp3) is 0.250. The van der Waals surface area contributed by atoms with Crippen LogP contribution < -0.4 is 10.2 Å². The Morgan fingerprint density at radius 3 is 2.85 bits per heavy atom. The van der Waals surface area contributed by atoms with E-state index in [9.17, 15) is 8.78 Å². The van der Waals surface area contributed by atoms with E-state index in [1.807, 2.05) is 18.0 Å². The highest BCUT2D eigenvalue weighted by Crippen LogP contribution is 2.38. The number of anilines is 2. The quantitative estimate of drug-likeness (QED) is 0.923. The number of hydrogen-bond acceptors (Lipinski definition) is 2. The maximum Gasteiger partial charge on any atom is 0.147 e. The van der Waals surface area contributed by atoms with Gasteiger partial charge in [0.25, 0.3) is 0 Å². The highest BCUT2D eigenvalue weighted by atomic mass is 19.1. The van der Waals surface area contributed by atoms with Gasteiger partial charge in [0, 0.05) is 18.8 Å². The Bertz CT molecular complexity index is 640. The van der Waals surface area contributed by atoms with Crippen LogP contribution in [-0.4, -0.2) is 13.6 Å². The Morgan fingerprint density at radius 1 is 1.20 bits per heavy atom. The number of benzene rings is 2. The zero-order valence-corrected chi connectivity index (χ0v) is 11.3. The molecule has 1 aliphatic heterocycles. The molecule has 0 unspecified atom stereocenters. The first kappa shape index (κ1) is 13.1. The van der Waals surface area contributed by atoms with Gasteiger partial charge in [0.15, 0.2) is 0 Å². The van der Waals surface area contributed by atoms with Gasteiger partial charge in [-0.25, -0.2) is 8.78 Å². The molecule has 0 radical (unpaired) electrons. The molecule has 0 saturated heterocycles. The van der Waals surface area contributed by atoms with Crippen LogP contribution in [0.1, 0.15) is 11.1 Å². The third-order valence-corrected chi connectivity index (χ3v) is 3.65. The molecule has 0 bridgehead atoms. The van der Waals surface area contributed by atoms with Crippen LogP contribution >= 0.6 is 0 Å². The second-order valence-electron chi connectivity index (χ2n) is 4.95. The maximum absolute atomic E-state index is 14.3. The number of rotatable bonds is 3. The second kappa shape index (κ2) is 5.21. The van der Waals surface area contributed by atoms with Crippen molar-refractivity contribution in [1.29, 1.82) is 0 Å². The monoisotopic (exact) mass is 274 g/mol. The lowest BCUT2D eigenvalue weighted by atomic mass is 10.1. The first-order chi connectivity index (χ1) is 9.70. The molecule has 0 fully saturated rings. The van der Waals surface area contributed by atoms with Crippen LogP contribution in [0.4, 0.5) is 20.2 Å². The van der Waals surface area contributed by atoms with Gasteiger partial charge in [0.1, 0.15) is 11.6 Å². The maximum atomic E-state index is 14.3. The van der Waals surface area contributed by atoms with Crippen LogP contribution in [0.2, 0.25) is 0 Å². The van der Waals surface area contributed by atoms with Gasteiger partial charge in [0.05, 0.1) is 5.69 Å². The van der Waals surface area contributed by atoms with E-state index < -0.39 is 0 Å². The van der Waals surface area contributed by atoms with Crippen LogP contribution in [0, 0.1) is 11.6 Å². The minimum atomic E-state index is -0.290. The van der Waals surface area contributed by atoms with E-state index >= 15 is 0 Å². The second-order valence-corrected chi connectivity index (χ2v) is 4.95. The summed E-state index contributed by atoms with van der Waals surface area (Å²) in [4.78, 5) is 1.88. The fourth-order valence-electron chi connectivity index (χ4n) is 2.78. The van der Waals surface area contributed by atoms with Crippen molar-refractivity contribution in [3.8, 4) is 0 Å². The lowest BCUT2D eigenvalue weighted by Gasteiger charge is -2.23. The van der Waals surface area contributed by atoms with E-state index in [2.05, 4.69) is 5.32 Å². The topological polar surface area (TPSA) is 15.3 Å². The molecular weight excluding hydrogens is 258 g/mol. The Kier molecular flexibility index (Phi) is 3.40. The van der Waals surface area contributed by atoms with Crippen molar-refractivity contribution in [3.05, 3.63) is 59.2 Å². The molecule has 0 saturated carbocycles. The van der Waals surface area contributed by atoms with Gasteiger partial charge in [0.2, 0.25) is 0 Å². The summed E-state index contributed by atoms with van der Waals surface area (Å²) in [5, 5.41) is 3.04. The van der Waals surface area contributed by atoms with Crippen molar-refractivity contribution < 1.29 is 8.78 Å². The Morgan fingerprint density at radius 2 is 2.05 bits per heavy atom. The number of nitrogens with zero attached hydrogens (tertiary/aromatic N) is 1. The minimum absolute atomic E-state index is 0.269. The predicted molar refractivity (Wildman–Crippen MR) is 76.3 cm³/mol. The van der Waals surface area contributed by atoms with Crippen LogP contribution in [0.5, 0.6) is 0 Å². The molecule has 2 aromatic carbocycles. The van der Waals surface area contributed by atoms with E-state index in [1.165, 1.54) is 18.2 Å². The molecule has 0 aromatic heterocycles.